The van der Waals surface area contributed by atoms with Gasteiger partial charge in [-0.25, -0.2) is 13.9 Å². The van der Waals surface area contributed by atoms with Crippen LogP contribution in [-0.4, -0.2) is 38.1 Å². The summed E-state index contributed by atoms with van der Waals surface area (Å²) in [5.41, 5.74) is 1.73. The Labute approximate surface area is 133 Å². The summed E-state index contributed by atoms with van der Waals surface area (Å²) in [7, 11) is 0. The largest absolute Gasteiger partial charge is 0.444 e. The third kappa shape index (κ3) is 3.33. The van der Waals surface area contributed by atoms with Crippen molar-refractivity contribution in [1.82, 2.24) is 19.9 Å². The first kappa shape index (κ1) is 15.5. The van der Waals surface area contributed by atoms with Crippen molar-refractivity contribution < 1.29 is 13.9 Å². The summed E-state index contributed by atoms with van der Waals surface area (Å²) in [6, 6.07) is 6.09. The van der Waals surface area contributed by atoms with Crippen molar-refractivity contribution in [3.05, 3.63) is 35.8 Å². The lowest BCUT2D eigenvalue weighted by Crippen LogP contribution is -2.41. The minimum absolute atomic E-state index is 0.301. The Hall–Kier alpha value is -2.44. The Morgan fingerprint density at radius 3 is 2.57 bits per heavy atom. The Morgan fingerprint density at radius 1 is 1.22 bits per heavy atom. The van der Waals surface area contributed by atoms with Gasteiger partial charge in [-0.3, -0.25) is 0 Å². The second-order valence-corrected chi connectivity index (χ2v) is 6.52. The van der Waals surface area contributed by atoms with Crippen LogP contribution in [0.5, 0.6) is 0 Å². The van der Waals surface area contributed by atoms with Crippen LogP contribution in [0.4, 0.5) is 9.18 Å². The first-order chi connectivity index (χ1) is 10.8. The van der Waals surface area contributed by atoms with Crippen molar-refractivity contribution in [2.75, 3.05) is 6.54 Å². The van der Waals surface area contributed by atoms with Gasteiger partial charge in [-0.05, 0) is 45.0 Å². The van der Waals surface area contributed by atoms with E-state index in [0.29, 0.717) is 25.3 Å². The number of carbonyl (C=O) groups is 1. The second-order valence-electron chi connectivity index (χ2n) is 6.52. The average molecular weight is 318 g/mol. The van der Waals surface area contributed by atoms with E-state index in [2.05, 4.69) is 10.3 Å². The molecule has 2 aromatic rings. The maximum absolute atomic E-state index is 13.1. The lowest BCUT2D eigenvalue weighted by molar-refractivity contribution is 0.0194. The van der Waals surface area contributed by atoms with E-state index < -0.39 is 5.60 Å². The zero-order valence-corrected chi connectivity index (χ0v) is 13.4. The van der Waals surface area contributed by atoms with Gasteiger partial charge in [0.05, 0.1) is 18.8 Å². The number of benzene rings is 1. The Balaban J connectivity index is 1.84. The minimum atomic E-state index is -0.535. The molecule has 1 amide bonds. The standard InChI is InChI=1S/C16H19FN4O2/c1-16(2,3)23-15(22)20-8-9-21-13(10-20)14(18-19-21)11-4-6-12(17)7-5-11/h4-7H,8-10H2,1-3H3. The predicted molar refractivity (Wildman–Crippen MR) is 82.1 cm³/mol. The van der Waals surface area contributed by atoms with Gasteiger partial charge in [0.25, 0.3) is 0 Å². The first-order valence-electron chi connectivity index (χ1n) is 7.50. The van der Waals surface area contributed by atoms with E-state index in [1.807, 2.05) is 20.8 Å². The molecule has 23 heavy (non-hydrogen) atoms. The summed E-state index contributed by atoms with van der Waals surface area (Å²) in [4.78, 5) is 13.9. The molecule has 0 saturated heterocycles. The molecule has 2 heterocycles. The molecule has 1 aliphatic heterocycles. The summed E-state index contributed by atoms with van der Waals surface area (Å²) < 4.78 is 20.3. The van der Waals surface area contributed by atoms with Gasteiger partial charge in [-0.1, -0.05) is 5.21 Å². The van der Waals surface area contributed by atoms with E-state index in [1.54, 1.807) is 21.7 Å². The van der Waals surface area contributed by atoms with E-state index >= 15 is 0 Å². The van der Waals surface area contributed by atoms with Gasteiger partial charge in [0.1, 0.15) is 17.1 Å². The molecule has 0 atom stereocenters. The summed E-state index contributed by atoms with van der Waals surface area (Å²) in [5, 5.41) is 8.30. The van der Waals surface area contributed by atoms with E-state index in [-0.39, 0.29) is 11.9 Å². The fourth-order valence-corrected chi connectivity index (χ4v) is 2.46. The van der Waals surface area contributed by atoms with Gasteiger partial charge >= 0.3 is 6.09 Å². The lowest BCUT2D eigenvalue weighted by atomic mass is 10.1. The highest BCUT2D eigenvalue weighted by Gasteiger charge is 2.28. The highest BCUT2D eigenvalue weighted by Crippen LogP contribution is 2.25. The third-order valence-electron chi connectivity index (χ3n) is 3.53. The number of rotatable bonds is 1. The summed E-state index contributed by atoms with van der Waals surface area (Å²) in [5.74, 6) is -0.301. The quantitative estimate of drug-likeness (QED) is 0.811. The molecule has 0 saturated carbocycles. The number of hydrogen-bond donors (Lipinski definition) is 0. The zero-order chi connectivity index (χ0) is 16.6. The average Bonchev–Trinajstić information content (AvgIpc) is 2.89. The molecule has 7 heteroatoms. The van der Waals surface area contributed by atoms with Crippen LogP contribution < -0.4 is 0 Å². The van der Waals surface area contributed by atoms with Crippen molar-refractivity contribution in [2.45, 2.75) is 39.5 Å². The van der Waals surface area contributed by atoms with Crippen LogP contribution in [0, 0.1) is 5.82 Å². The Bertz CT molecular complexity index is 719. The fourth-order valence-electron chi connectivity index (χ4n) is 2.46. The van der Waals surface area contributed by atoms with Crippen LogP contribution in [0.1, 0.15) is 26.5 Å². The molecule has 0 spiro atoms. The van der Waals surface area contributed by atoms with Gasteiger partial charge in [0.15, 0.2) is 0 Å². The molecule has 1 aromatic heterocycles. The van der Waals surface area contributed by atoms with Gasteiger partial charge in [0, 0.05) is 12.1 Å². The number of nitrogens with zero attached hydrogens (tertiary/aromatic N) is 4. The van der Waals surface area contributed by atoms with E-state index in [1.165, 1.54) is 12.1 Å². The molecule has 1 aromatic carbocycles. The number of halogens is 1. The minimum Gasteiger partial charge on any atom is -0.444 e. The van der Waals surface area contributed by atoms with Crippen LogP contribution in [0.15, 0.2) is 24.3 Å². The first-order valence-corrected chi connectivity index (χ1v) is 7.50. The van der Waals surface area contributed by atoms with Crippen molar-refractivity contribution in [3.63, 3.8) is 0 Å². The SMILES string of the molecule is CC(C)(C)OC(=O)N1CCn2nnc(-c3ccc(F)cc3)c2C1. The van der Waals surface area contributed by atoms with Crippen molar-refractivity contribution in [1.29, 1.82) is 0 Å². The van der Waals surface area contributed by atoms with Gasteiger partial charge < -0.3 is 9.64 Å². The predicted octanol–water partition coefficient (Wildman–Crippen LogP) is 2.83. The van der Waals surface area contributed by atoms with Crippen LogP contribution in [-0.2, 0) is 17.8 Å². The van der Waals surface area contributed by atoms with Crippen molar-refractivity contribution in [3.8, 4) is 11.3 Å². The van der Waals surface area contributed by atoms with E-state index in [9.17, 15) is 9.18 Å². The number of ether oxygens (including phenoxy) is 1. The number of hydrogen-bond acceptors (Lipinski definition) is 4. The van der Waals surface area contributed by atoms with Gasteiger partial charge in [-0.15, -0.1) is 5.10 Å². The number of aromatic nitrogens is 3. The van der Waals surface area contributed by atoms with Gasteiger partial charge in [-0.2, -0.15) is 0 Å². The molecule has 3 rings (SSSR count). The smallest absolute Gasteiger partial charge is 0.410 e. The van der Waals surface area contributed by atoms with Crippen LogP contribution >= 0.6 is 0 Å². The molecule has 6 nitrogen and oxygen atoms in total. The number of amides is 1. The van der Waals surface area contributed by atoms with Crippen LogP contribution in [0.25, 0.3) is 11.3 Å². The zero-order valence-electron chi connectivity index (χ0n) is 13.4. The molecule has 0 fully saturated rings. The summed E-state index contributed by atoms with van der Waals surface area (Å²) in [6.45, 7) is 6.96. The van der Waals surface area contributed by atoms with Crippen LogP contribution in [0.2, 0.25) is 0 Å². The topological polar surface area (TPSA) is 60.2 Å². The fraction of sp³-hybridized carbons (Fsp3) is 0.438. The maximum atomic E-state index is 13.1. The highest BCUT2D eigenvalue weighted by atomic mass is 19.1. The molecule has 122 valence electrons. The molecular formula is C16H19FN4O2. The monoisotopic (exact) mass is 318 g/mol. The van der Waals surface area contributed by atoms with Crippen molar-refractivity contribution >= 4 is 6.09 Å². The molecule has 0 aliphatic carbocycles. The normalized spacial score (nSPS) is 14.5. The lowest BCUT2D eigenvalue weighted by Gasteiger charge is -2.30. The number of fused-ring (bicyclic) bond motifs is 1. The van der Waals surface area contributed by atoms with Crippen molar-refractivity contribution in [2.24, 2.45) is 0 Å². The maximum Gasteiger partial charge on any atom is 0.410 e. The molecule has 0 radical (unpaired) electrons. The highest BCUT2D eigenvalue weighted by molar-refractivity contribution is 5.69. The number of carbonyl (C=O) groups excluding carboxylic acids is 1. The van der Waals surface area contributed by atoms with Gasteiger partial charge in [0.2, 0.25) is 0 Å². The molecule has 0 bridgehead atoms. The molecule has 1 aliphatic rings. The molecular weight excluding hydrogens is 299 g/mol. The van der Waals surface area contributed by atoms with Crippen LogP contribution in [0.3, 0.4) is 0 Å². The third-order valence-corrected chi connectivity index (χ3v) is 3.53. The summed E-state index contributed by atoms with van der Waals surface area (Å²) >= 11 is 0. The molecule has 0 N–H and O–H groups in total. The molecule has 0 unspecified atom stereocenters. The Kier molecular flexibility index (Phi) is 3.79. The van der Waals surface area contributed by atoms with E-state index in [4.69, 9.17) is 4.74 Å². The van der Waals surface area contributed by atoms with E-state index in [0.717, 1.165) is 11.3 Å². The summed E-state index contributed by atoms with van der Waals surface area (Å²) in [6.07, 6.45) is -0.352. The second kappa shape index (κ2) is 5.64. The Morgan fingerprint density at radius 2 is 1.91 bits per heavy atom.